The maximum atomic E-state index is 12.4. The molecule has 6 heteroatoms. The molecule has 0 aromatic carbocycles. The molecule has 0 radical (unpaired) electrons. The molecule has 0 bridgehead atoms. The zero-order valence-corrected chi connectivity index (χ0v) is 12.3. The molecule has 1 aromatic rings. The summed E-state index contributed by atoms with van der Waals surface area (Å²) in [4.78, 5) is 30.3. The quantitative estimate of drug-likeness (QED) is 0.909. The second kappa shape index (κ2) is 5.69. The summed E-state index contributed by atoms with van der Waals surface area (Å²) in [6.07, 6.45) is 1.55. The van der Waals surface area contributed by atoms with Crippen molar-refractivity contribution < 1.29 is 9.59 Å². The summed E-state index contributed by atoms with van der Waals surface area (Å²) >= 11 is 1.56. The Hall–Kier alpha value is -1.43. The summed E-state index contributed by atoms with van der Waals surface area (Å²) in [5.41, 5.74) is 0.854. The summed E-state index contributed by atoms with van der Waals surface area (Å²) < 4.78 is 0. The maximum absolute atomic E-state index is 12.4. The van der Waals surface area contributed by atoms with Gasteiger partial charge in [0.25, 0.3) is 0 Å². The number of nitrogens with zero attached hydrogens (tertiary/aromatic N) is 2. The summed E-state index contributed by atoms with van der Waals surface area (Å²) in [5.74, 6) is -0.0791. The first kappa shape index (κ1) is 14.0. The van der Waals surface area contributed by atoms with Gasteiger partial charge in [-0.2, -0.15) is 0 Å². The van der Waals surface area contributed by atoms with Gasteiger partial charge < -0.3 is 10.2 Å². The van der Waals surface area contributed by atoms with Crippen LogP contribution in [0.15, 0.2) is 5.38 Å². The molecule has 19 heavy (non-hydrogen) atoms. The van der Waals surface area contributed by atoms with Crippen molar-refractivity contribution in [2.75, 3.05) is 0 Å². The molecule has 1 aliphatic heterocycles. The zero-order chi connectivity index (χ0) is 14.0. The molecule has 0 aliphatic carbocycles. The number of thiazole rings is 1. The zero-order valence-electron chi connectivity index (χ0n) is 11.5. The van der Waals surface area contributed by atoms with Gasteiger partial charge in [-0.25, -0.2) is 4.98 Å². The van der Waals surface area contributed by atoms with Gasteiger partial charge in [-0.05, 0) is 20.3 Å². The molecule has 2 unspecified atom stereocenters. The van der Waals surface area contributed by atoms with E-state index in [1.54, 1.807) is 23.2 Å². The summed E-state index contributed by atoms with van der Waals surface area (Å²) in [5, 5.41) is 5.70. The van der Waals surface area contributed by atoms with Crippen LogP contribution >= 0.6 is 11.3 Å². The number of nitrogens with one attached hydrogen (secondary N) is 1. The van der Waals surface area contributed by atoms with Gasteiger partial charge in [-0.1, -0.05) is 13.3 Å². The van der Waals surface area contributed by atoms with E-state index in [1.807, 2.05) is 19.2 Å². The Morgan fingerprint density at radius 2 is 2.21 bits per heavy atom. The van der Waals surface area contributed by atoms with Crippen molar-refractivity contribution in [1.29, 1.82) is 0 Å². The second-order valence-corrected chi connectivity index (χ2v) is 5.91. The van der Waals surface area contributed by atoms with Gasteiger partial charge in [0.2, 0.25) is 11.8 Å². The highest BCUT2D eigenvalue weighted by molar-refractivity contribution is 7.09. The Balaban J connectivity index is 2.15. The van der Waals surface area contributed by atoms with Gasteiger partial charge in [-0.15, -0.1) is 11.3 Å². The van der Waals surface area contributed by atoms with Crippen molar-refractivity contribution in [3.63, 3.8) is 0 Å². The SMILES string of the molecule is CCCC1NC(=O)C(C)N(Cc2csc(C)n2)C1=O. The van der Waals surface area contributed by atoms with Crippen LogP contribution in [0.3, 0.4) is 0 Å². The Morgan fingerprint density at radius 1 is 1.47 bits per heavy atom. The number of aromatic nitrogens is 1. The lowest BCUT2D eigenvalue weighted by Crippen LogP contribution is -2.61. The third kappa shape index (κ3) is 2.94. The molecule has 0 saturated carbocycles. The molecule has 1 saturated heterocycles. The highest BCUT2D eigenvalue weighted by Crippen LogP contribution is 2.18. The molecule has 0 spiro atoms. The highest BCUT2D eigenvalue weighted by atomic mass is 32.1. The van der Waals surface area contributed by atoms with Crippen LogP contribution < -0.4 is 5.32 Å². The number of carbonyl (C=O) groups excluding carboxylic acids is 2. The average Bonchev–Trinajstić information content (AvgIpc) is 2.77. The number of aryl methyl sites for hydroxylation is 1. The summed E-state index contributed by atoms with van der Waals surface area (Å²) in [6, 6.07) is -0.809. The lowest BCUT2D eigenvalue weighted by molar-refractivity contribution is -0.149. The van der Waals surface area contributed by atoms with E-state index in [2.05, 4.69) is 10.3 Å². The van der Waals surface area contributed by atoms with Crippen molar-refractivity contribution in [2.24, 2.45) is 0 Å². The second-order valence-electron chi connectivity index (χ2n) is 4.85. The van der Waals surface area contributed by atoms with Gasteiger partial charge in [0.15, 0.2) is 0 Å². The number of amides is 2. The fraction of sp³-hybridized carbons (Fsp3) is 0.615. The van der Waals surface area contributed by atoms with Crippen molar-refractivity contribution >= 4 is 23.2 Å². The molecule has 1 aromatic heterocycles. The van der Waals surface area contributed by atoms with Crippen LogP contribution in [0.1, 0.15) is 37.4 Å². The fourth-order valence-electron chi connectivity index (χ4n) is 2.24. The van der Waals surface area contributed by atoms with E-state index in [-0.39, 0.29) is 17.9 Å². The molecule has 2 atom stereocenters. The topological polar surface area (TPSA) is 62.3 Å². The van der Waals surface area contributed by atoms with E-state index in [0.29, 0.717) is 13.0 Å². The van der Waals surface area contributed by atoms with Gasteiger partial charge in [0.1, 0.15) is 12.1 Å². The number of hydrogen-bond donors (Lipinski definition) is 1. The lowest BCUT2D eigenvalue weighted by Gasteiger charge is -2.37. The molecule has 5 nitrogen and oxygen atoms in total. The molecule has 2 heterocycles. The van der Waals surface area contributed by atoms with E-state index in [4.69, 9.17) is 0 Å². The Labute approximate surface area is 117 Å². The van der Waals surface area contributed by atoms with Crippen LogP contribution in [0.4, 0.5) is 0 Å². The van der Waals surface area contributed by atoms with E-state index < -0.39 is 6.04 Å². The van der Waals surface area contributed by atoms with Crippen LogP contribution in [0.25, 0.3) is 0 Å². The van der Waals surface area contributed by atoms with Gasteiger partial charge in [0.05, 0.1) is 17.2 Å². The molecule has 1 aliphatic rings. The molecule has 104 valence electrons. The summed E-state index contributed by atoms with van der Waals surface area (Å²) in [7, 11) is 0. The number of piperazine rings is 1. The van der Waals surface area contributed by atoms with Crippen molar-refractivity contribution in [3.05, 3.63) is 16.1 Å². The summed E-state index contributed by atoms with van der Waals surface area (Å²) in [6.45, 7) is 6.11. The van der Waals surface area contributed by atoms with Gasteiger partial charge in [0, 0.05) is 5.38 Å². The van der Waals surface area contributed by atoms with Crippen molar-refractivity contribution in [3.8, 4) is 0 Å². The van der Waals surface area contributed by atoms with E-state index in [1.165, 1.54) is 0 Å². The fourth-order valence-corrected chi connectivity index (χ4v) is 2.84. The van der Waals surface area contributed by atoms with Crippen LogP contribution in [0, 0.1) is 6.92 Å². The largest absolute Gasteiger partial charge is 0.343 e. The third-order valence-electron chi connectivity index (χ3n) is 3.32. The number of carbonyl (C=O) groups is 2. The Bertz CT molecular complexity index is 486. The molecule has 2 amide bonds. The van der Waals surface area contributed by atoms with Crippen LogP contribution in [0.2, 0.25) is 0 Å². The normalized spacial score (nSPS) is 23.6. The number of rotatable bonds is 4. The first-order chi connectivity index (χ1) is 9.02. The van der Waals surface area contributed by atoms with Gasteiger partial charge in [-0.3, -0.25) is 9.59 Å². The Kier molecular flexibility index (Phi) is 4.19. The first-order valence-corrected chi connectivity index (χ1v) is 7.42. The molecule has 2 rings (SSSR count). The standard InChI is InChI=1S/C13H19N3O2S/c1-4-5-11-13(18)16(8(2)12(17)15-11)6-10-7-19-9(3)14-10/h7-8,11H,4-6H2,1-3H3,(H,15,17). The minimum absolute atomic E-state index is 0.000368. The van der Waals surface area contributed by atoms with Crippen molar-refractivity contribution in [1.82, 2.24) is 15.2 Å². The van der Waals surface area contributed by atoms with Crippen molar-refractivity contribution in [2.45, 2.75) is 52.2 Å². The van der Waals surface area contributed by atoms with E-state index in [9.17, 15) is 9.59 Å². The molecule has 1 fully saturated rings. The molecular weight excluding hydrogens is 262 g/mol. The third-order valence-corrected chi connectivity index (χ3v) is 4.14. The molecular formula is C13H19N3O2S. The smallest absolute Gasteiger partial charge is 0.246 e. The minimum atomic E-state index is -0.428. The first-order valence-electron chi connectivity index (χ1n) is 6.54. The minimum Gasteiger partial charge on any atom is -0.343 e. The average molecular weight is 281 g/mol. The molecule has 1 N–H and O–H groups in total. The van der Waals surface area contributed by atoms with Gasteiger partial charge >= 0.3 is 0 Å². The van der Waals surface area contributed by atoms with Crippen LogP contribution in [-0.2, 0) is 16.1 Å². The predicted octanol–water partition coefficient (Wildman–Crippen LogP) is 1.47. The van der Waals surface area contributed by atoms with E-state index >= 15 is 0 Å². The van der Waals surface area contributed by atoms with Crippen LogP contribution in [-0.4, -0.2) is 33.8 Å². The maximum Gasteiger partial charge on any atom is 0.246 e. The number of hydrogen-bond acceptors (Lipinski definition) is 4. The van der Waals surface area contributed by atoms with E-state index in [0.717, 1.165) is 17.1 Å². The lowest BCUT2D eigenvalue weighted by atomic mass is 10.0. The Morgan fingerprint density at radius 3 is 2.79 bits per heavy atom. The predicted molar refractivity (Wildman–Crippen MR) is 73.7 cm³/mol. The monoisotopic (exact) mass is 281 g/mol. The van der Waals surface area contributed by atoms with Crippen LogP contribution in [0.5, 0.6) is 0 Å². The highest BCUT2D eigenvalue weighted by Gasteiger charge is 2.37.